The fourth-order valence-electron chi connectivity index (χ4n) is 2.31. The lowest BCUT2D eigenvalue weighted by Crippen LogP contribution is -2.22. The summed E-state index contributed by atoms with van der Waals surface area (Å²) in [6, 6.07) is 8.85. The van der Waals surface area contributed by atoms with Crippen molar-refractivity contribution in [3.05, 3.63) is 64.4 Å². The number of nitrogens with zero attached hydrogens (tertiary/aromatic N) is 2. The number of esters is 1. The van der Waals surface area contributed by atoms with Gasteiger partial charge in [-0.05, 0) is 42.8 Å². The van der Waals surface area contributed by atoms with E-state index in [2.05, 4.69) is 15.3 Å². The highest BCUT2D eigenvalue weighted by Gasteiger charge is 2.13. The smallest absolute Gasteiger partial charge is 0.312 e. The van der Waals surface area contributed by atoms with Crippen LogP contribution in [-0.2, 0) is 20.7 Å². The molecule has 1 aromatic carbocycles. The predicted octanol–water partition coefficient (Wildman–Crippen LogP) is 3.89. The first-order valence-corrected chi connectivity index (χ1v) is 9.33. The molecule has 138 valence electrons. The molecule has 0 fully saturated rings. The van der Waals surface area contributed by atoms with E-state index in [9.17, 15) is 9.59 Å². The Morgan fingerprint density at radius 1 is 1.30 bits per heavy atom. The van der Waals surface area contributed by atoms with Crippen LogP contribution in [0.2, 0.25) is 5.02 Å². The van der Waals surface area contributed by atoms with E-state index in [1.807, 2.05) is 19.1 Å². The monoisotopic (exact) mass is 401 g/mol. The van der Waals surface area contributed by atoms with Gasteiger partial charge in [-0.3, -0.25) is 14.6 Å². The highest BCUT2D eigenvalue weighted by molar-refractivity contribution is 7.13. The van der Waals surface area contributed by atoms with Gasteiger partial charge in [0.2, 0.25) is 0 Å². The fraction of sp³-hybridized carbons (Fsp3) is 0.158. The van der Waals surface area contributed by atoms with E-state index in [-0.39, 0.29) is 13.0 Å². The summed E-state index contributed by atoms with van der Waals surface area (Å²) in [4.78, 5) is 32.4. The summed E-state index contributed by atoms with van der Waals surface area (Å²) in [5.41, 5.74) is 2.94. The highest BCUT2D eigenvalue weighted by Crippen LogP contribution is 2.23. The average molecular weight is 402 g/mol. The predicted molar refractivity (Wildman–Crippen MR) is 105 cm³/mol. The number of amides is 1. The molecule has 0 spiro atoms. The summed E-state index contributed by atoms with van der Waals surface area (Å²) in [5, 5.41) is 5.85. The summed E-state index contributed by atoms with van der Waals surface area (Å²) in [7, 11) is 0. The van der Waals surface area contributed by atoms with Crippen molar-refractivity contribution >= 4 is 40.5 Å². The van der Waals surface area contributed by atoms with Crippen LogP contribution in [0.3, 0.4) is 0 Å². The van der Waals surface area contributed by atoms with E-state index >= 15 is 0 Å². The number of ether oxygens (including phenoxy) is 1. The SMILES string of the molecule is Cc1cc(Cl)ccc1NC(=O)COC(=O)Cc1csc(-c2cccnc2)n1. The number of anilines is 1. The summed E-state index contributed by atoms with van der Waals surface area (Å²) in [5.74, 6) is -0.927. The first-order chi connectivity index (χ1) is 13.0. The lowest BCUT2D eigenvalue weighted by atomic mass is 10.2. The second-order valence-electron chi connectivity index (χ2n) is 5.73. The van der Waals surface area contributed by atoms with Crippen molar-refractivity contribution in [1.82, 2.24) is 9.97 Å². The Morgan fingerprint density at radius 3 is 2.89 bits per heavy atom. The van der Waals surface area contributed by atoms with E-state index in [0.29, 0.717) is 16.4 Å². The van der Waals surface area contributed by atoms with Gasteiger partial charge < -0.3 is 10.1 Å². The molecule has 0 aliphatic rings. The Balaban J connectivity index is 1.49. The fourth-order valence-corrected chi connectivity index (χ4v) is 3.35. The molecule has 1 amide bonds. The molecule has 0 unspecified atom stereocenters. The van der Waals surface area contributed by atoms with Crippen molar-refractivity contribution in [2.45, 2.75) is 13.3 Å². The normalized spacial score (nSPS) is 10.4. The minimum Gasteiger partial charge on any atom is -0.455 e. The molecule has 0 atom stereocenters. The number of aryl methyl sites for hydroxylation is 1. The molecule has 3 aromatic rings. The Morgan fingerprint density at radius 2 is 2.15 bits per heavy atom. The average Bonchev–Trinajstić information content (AvgIpc) is 3.11. The van der Waals surface area contributed by atoms with Gasteiger partial charge in [0.25, 0.3) is 5.91 Å². The number of benzene rings is 1. The van der Waals surface area contributed by atoms with Crippen molar-refractivity contribution in [3.63, 3.8) is 0 Å². The van der Waals surface area contributed by atoms with Crippen LogP contribution >= 0.6 is 22.9 Å². The van der Waals surface area contributed by atoms with Gasteiger partial charge in [0.1, 0.15) is 5.01 Å². The largest absolute Gasteiger partial charge is 0.455 e. The second kappa shape index (κ2) is 8.75. The maximum Gasteiger partial charge on any atom is 0.312 e. The Bertz CT molecular complexity index is 960. The minimum absolute atomic E-state index is 0.00398. The van der Waals surface area contributed by atoms with E-state index < -0.39 is 11.9 Å². The van der Waals surface area contributed by atoms with Gasteiger partial charge in [-0.25, -0.2) is 4.98 Å². The number of nitrogens with one attached hydrogen (secondary N) is 1. The zero-order chi connectivity index (χ0) is 19.2. The van der Waals surface area contributed by atoms with Gasteiger partial charge in [-0.1, -0.05) is 11.6 Å². The minimum atomic E-state index is -0.513. The second-order valence-corrected chi connectivity index (χ2v) is 7.03. The number of hydrogen-bond acceptors (Lipinski definition) is 6. The molecule has 0 aliphatic heterocycles. The van der Waals surface area contributed by atoms with Crippen LogP contribution in [0.15, 0.2) is 48.1 Å². The Labute approximate surface area is 165 Å². The summed E-state index contributed by atoms with van der Waals surface area (Å²) >= 11 is 7.31. The van der Waals surface area contributed by atoms with Gasteiger partial charge in [0.05, 0.1) is 12.1 Å². The number of hydrogen-bond donors (Lipinski definition) is 1. The van der Waals surface area contributed by atoms with Gasteiger partial charge in [-0.15, -0.1) is 11.3 Å². The van der Waals surface area contributed by atoms with E-state index in [1.54, 1.807) is 36.0 Å². The molecule has 0 aliphatic carbocycles. The number of thiazole rings is 1. The first kappa shape index (κ1) is 19.0. The Hall–Kier alpha value is -2.77. The third-order valence-corrected chi connectivity index (χ3v) is 4.79. The molecule has 2 heterocycles. The molecule has 3 rings (SSSR count). The standard InChI is InChI=1S/C19H16ClN3O3S/c1-12-7-14(20)4-5-16(12)23-17(24)10-26-18(25)8-15-11-27-19(22-15)13-3-2-6-21-9-13/h2-7,9,11H,8,10H2,1H3,(H,23,24). The summed E-state index contributed by atoms with van der Waals surface area (Å²) in [6.07, 6.45) is 3.40. The number of pyridine rings is 1. The van der Waals surface area contributed by atoms with Crippen LogP contribution < -0.4 is 5.32 Å². The molecule has 27 heavy (non-hydrogen) atoms. The van der Waals surface area contributed by atoms with E-state index in [0.717, 1.165) is 16.1 Å². The van der Waals surface area contributed by atoms with Gasteiger partial charge in [0.15, 0.2) is 6.61 Å². The van der Waals surface area contributed by atoms with Crippen LogP contribution in [0.1, 0.15) is 11.3 Å². The van der Waals surface area contributed by atoms with E-state index in [4.69, 9.17) is 16.3 Å². The van der Waals surface area contributed by atoms with Crippen molar-refractivity contribution in [2.75, 3.05) is 11.9 Å². The molecule has 0 saturated carbocycles. The van der Waals surface area contributed by atoms with Crippen LogP contribution in [0.4, 0.5) is 5.69 Å². The summed E-state index contributed by atoms with van der Waals surface area (Å²) < 4.78 is 5.03. The van der Waals surface area contributed by atoms with Gasteiger partial charge in [-0.2, -0.15) is 0 Å². The lowest BCUT2D eigenvalue weighted by Gasteiger charge is -2.09. The van der Waals surface area contributed by atoms with Crippen molar-refractivity contribution in [1.29, 1.82) is 0 Å². The van der Waals surface area contributed by atoms with Crippen LogP contribution in [0, 0.1) is 6.92 Å². The molecular formula is C19H16ClN3O3S. The molecule has 0 saturated heterocycles. The molecule has 0 radical (unpaired) electrons. The molecular weight excluding hydrogens is 386 g/mol. The highest BCUT2D eigenvalue weighted by atomic mass is 35.5. The molecule has 2 aromatic heterocycles. The number of aromatic nitrogens is 2. The molecule has 1 N–H and O–H groups in total. The first-order valence-electron chi connectivity index (χ1n) is 8.07. The molecule has 8 heteroatoms. The number of carbonyl (C=O) groups excluding carboxylic acids is 2. The lowest BCUT2D eigenvalue weighted by molar-refractivity contribution is -0.146. The van der Waals surface area contributed by atoms with E-state index in [1.165, 1.54) is 11.3 Å². The molecule has 6 nitrogen and oxygen atoms in total. The number of halogens is 1. The van der Waals surface area contributed by atoms with Gasteiger partial charge >= 0.3 is 5.97 Å². The number of carbonyl (C=O) groups is 2. The zero-order valence-electron chi connectivity index (χ0n) is 14.4. The zero-order valence-corrected chi connectivity index (χ0v) is 16.0. The van der Waals surface area contributed by atoms with Crippen molar-refractivity contribution in [3.8, 4) is 10.6 Å². The maximum atomic E-state index is 12.0. The quantitative estimate of drug-likeness (QED) is 0.633. The van der Waals surface area contributed by atoms with Crippen LogP contribution in [0.25, 0.3) is 10.6 Å². The van der Waals surface area contributed by atoms with Crippen LogP contribution in [-0.4, -0.2) is 28.5 Å². The Kier molecular flexibility index (Phi) is 6.16. The maximum absolute atomic E-state index is 12.0. The number of rotatable bonds is 6. The van der Waals surface area contributed by atoms with Crippen molar-refractivity contribution in [2.24, 2.45) is 0 Å². The topological polar surface area (TPSA) is 81.2 Å². The van der Waals surface area contributed by atoms with Crippen LogP contribution in [0.5, 0.6) is 0 Å². The summed E-state index contributed by atoms with van der Waals surface area (Å²) in [6.45, 7) is 1.47. The third kappa shape index (κ3) is 5.35. The third-order valence-electron chi connectivity index (χ3n) is 3.61. The van der Waals surface area contributed by atoms with Gasteiger partial charge in [0, 0.05) is 34.0 Å². The van der Waals surface area contributed by atoms with Crippen molar-refractivity contribution < 1.29 is 14.3 Å². The molecule has 0 bridgehead atoms.